The maximum Gasteiger partial charge on any atom is 0.283 e. The number of nitrogens with one attached hydrogen (secondary N) is 1. The van der Waals surface area contributed by atoms with Gasteiger partial charge < -0.3 is 5.32 Å². The van der Waals surface area contributed by atoms with Crippen LogP contribution in [0.3, 0.4) is 0 Å². The van der Waals surface area contributed by atoms with Gasteiger partial charge >= 0.3 is 0 Å². The molecule has 0 saturated carbocycles. The monoisotopic (exact) mass is 306 g/mol. The van der Waals surface area contributed by atoms with Crippen molar-refractivity contribution in [3.05, 3.63) is 64.0 Å². The van der Waals surface area contributed by atoms with Gasteiger partial charge in [0.25, 0.3) is 5.69 Å². The summed E-state index contributed by atoms with van der Waals surface area (Å²) in [5.41, 5.74) is 0.848. The van der Waals surface area contributed by atoms with Gasteiger partial charge in [-0.1, -0.05) is 30.8 Å². The lowest BCUT2D eigenvalue weighted by Gasteiger charge is -2.10. The number of rotatable bonds is 6. The summed E-state index contributed by atoms with van der Waals surface area (Å²) in [6.07, 6.45) is 0. The van der Waals surface area contributed by atoms with E-state index in [1.807, 2.05) is 6.92 Å². The Morgan fingerprint density at radius 2 is 2.00 bits per heavy atom. The summed E-state index contributed by atoms with van der Waals surface area (Å²) in [5.74, 6) is -0.310. The topological polar surface area (TPSA) is 55.2 Å². The van der Waals surface area contributed by atoms with Gasteiger partial charge in [-0.3, -0.25) is 10.1 Å². The predicted octanol–water partition coefficient (Wildman–Crippen LogP) is 3.99. The standard InChI is InChI=1S/C15H15FN2O2S/c1-2-17-10-11-9-12(16)7-8-14(11)21-15-6-4-3-5-13(15)18(19)20/h3-9,17H,2,10H2,1H3. The maximum absolute atomic E-state index is 13.4. The summed E-state index contributed by atoms with van der Waals surface area (Å²) >= 11 is 1.28. The van der Waals surface area contributed by atoms with Gasteiger partial charge in [-0.05, 0) is 36.4 Å². The van der Waals surface area contributed by atoms with E-state index in [0.29, 0.717) is 11.4 Å². The maximum atomic E-state index is 13.4. The average molecular weight is 306 g/mol. The summed E-state index contributed by atoms with van der Waals surface area (Å²) in [4.78, 5) is 12.0. The van der Waals surface area contributed by atoms with Crippen molar-refractivity contribution in [1.82, 2.24) is 5.32 Å². The molecule has 0 amide bonds. The summed E-state index contributed by atoms with van der Waals surface area (Å²) in [5, 5.41) is 14.2. The van der Waals surface area contributed by atoms with Gasteiger partial charge in [0, 0.05) is 17.5 Å². The zero-order valence-electron chi connectivity index (χ0n) is 11.5. The molecule has 21 heavy (non-hydrogen) atoms. The molecule has 0 bridgehead atoms. The minimum Gasteiger partial charge on any atom is -0.313 e. The third-order valence-corrected chi connectivity index (χ3v) is 4.05. The molecule has 0 radical (unpaired) electrons. The quantitative estimate of drug-likeness (QED) is 0.647. The second kappa shape index (κ2) is 7.19. The molecule has 0 unspecified atom stereocenters. The Morgan fingerprint density at radius 3 is 2.71 bits per heavy atom. The molecular formula is C15H15FN2O2S. The molecule has 0 heterocycles. The SMILES string of the molecule is CCNCc1cc(F)ccc1Sc1ccccc1[N+](=O)[O-]. The molecule has 0 aromatic heterocycles. The fourth-order valence-electron chi connectivity index (χ4n) is 1.86. The second-order valence-corrected chi connectivity index (χ2v) is 5.44. The lowest BCUT2D eigenvalue weighted by Crippen LogP contribution is -2.12. The molecule has 2 aromatic carbocycles. The highest BCUT2D eigenvalue weighted by Gasteiger charge is 2.15. The van der Waals surface area contributed by atoms with E-state index in [-0.39, 0.29) is 11.5 Å². The van der Waals surface area contributed by atoms with Crippen molar-refractivity contribution in [2.45, 2.75) is 23.3 Å². The fourth-order valence-corrected chi connectivity index (χ4v) is 2.89. The molecule has 0 saturated heterocycles. The first-order valence-corrected chi connectivity index (χ1v) is 7.34. The van der Waals surface area contributed by atoms with Crippen LogP contribution in [0.5, 0.6) is 0 Å². The molecule has 4 nitrogen and oxygen atoms in total. The van der Waals surface area contributed by atoms with Crippen molar-refractivity contribution in [2.24, 2.45) is 0 Å². The molecule has 0 fully saturated rings. The van der Waals surface area contributed by atoms with Crippen LogP contribution in [0.1, 0.15) is 12.5 Å². The number of hydrogen-bond donors (Lipinski definition) is 1. The smallest absolute Gasteiger partial charge is 0.283 e. The van der Waals surface area contributed by atoms with Crippen LogP contribution in [0.25, 0.3) is 0 Å². The van der Waals surface area contributed by atoms with E-state index in [4.69, 9.17) is 0 Å². The van der Waals surface area contributed by atoms with Crippen LogP contribution < -0.4 is 5.32 Å². The lowest BCUT2D eigenvalue weighted by molar-refractivity contribution is -0.387. The molecule has 0 aliphatic rings. The minimum atomic E-state index is -0.407. The van der Waals surface area contributed by atoms with Crippen molar-refractivity contribution in [3.63, 3.8) is 0 Å². The normalized spacial score (nSPS) is 10.6. The van der Waals surface area contributed by atoms with Crippen LogP contribution in [0, 0.1) is 15.9 Å². The minimum absolute atomic E-state index is 0.0567. The van der Waals surface area contributed by atoms with Gasteiger partial charge in [0.15, 0.2) is 0 Å². The Bertz CT molecular complexity index is 649. The first-order valence-electron chi connectivity index (χ1n) is 6.52. The number of hydrogen-bond acceptors (Lipinski definition) is 4. The fraction of sp³-hybridized carbons (Fsp3) is 0.200. The first-order chi connectivity index (χ1) is 10.1. The molecule has 0 aliphatic carbocycles. The van der Waals surface area contributed by atoms with Gasteiger partial charge in [0.1, 0.15) is 5.82 Å². The van der Waals surface area contributed by atoms with Crippen molar-refractivity contribution in [2.75, 3.05) is 6.54 Å². The van der Waals surface area contributed by atoms with Crippen molar-refractivity contribution in [1.29, 1.82) is 0 Å². The van der Waals surface area contributed by atoms with Crippen LogP contribution in [-0.4, -0.2) is 11.5 Å². The van der Waals surface area contributed by atoms with E-state index >= 15 is 0 Å². The highest BCUT2D eigenvalue weighted by atomic mass is 32.2. The van der Waals surface area contributed by atoms with Crippen LogP contribution in [0.4, 0.5) is 10.1 Å². The number of nitro benzene ring substituents is 1. The van der Waals surface area contributed by atoms with E-state index in [1.165, 1.54) is 30.0 Å². The third-order valence-electron chi connectivity index (χ3n) is 2.87. The van der Waals surface area contributed by atoms with Crippen LogP contribution in [0.2, 0.25) is 0 Å². The number of para-hydroxylation sites is 1. The molecule has 2 aromatic rings. The van der Waals surface area contributed by atoms with Gasteiger partial charge in [-0.25, -0.2) is 4.39 Å². The summed E-state index contributed by atoms with van der Waals surface area (Å²) in [6, 6.07) is 11.0. The lowest BCUT2D eigenvalue weighted by atomic mass is 10.2. The zero-order valence-corrected chi connectivity index (χ0v) is 12.3. The number of halogens is 1. The van der Waals surface area contributed by atoms with Crippen molar-refractivity contribution < 1.29 is 9.31 Å². The summed E-state index contributed by atoms with van der Waals surface area (Å²) in [7, 11) is 0. The second-order valence-electron chi connectivity index (χ2n) is 4.36. The van der Waals surface area contributed by atoms with E-state index < -0.39 is 4.92 Å². The van der Waals surface area contributed by atoms with E-state index in [9.17, 15) is 14.5 Å². The molecule has 0 spiro atoms. The molecule has 0 aliphatic heterocycles. The molecule has 110 valence electrons. The third kappa shape index (κ3) is 4.03. The molecule has 0 atom stereocenters. The van der Waals surface area contributed by atoms with Gasteiger partial charge in [-0.15, -0.1) is 0 Å². The van der Waals surface area contributed by atoms with Crippen LogP contribution in [-0.2, 0) is 6.54 Å². The highest BCUT2D eigenvalue weighted by Crippen LogP contribution is 2.36. The number of benzene rings is 2. The summed E-state index contributed by atoms with van der Waals surface area (Å²) < 4.78 is 13.4. The Hall–Kier alpha value is -1.92. The van der Waals surface area contributed by atoms with Crippen LogP contribution in [0.15, 0.2) is 52.3 Å². The molecule has 6 heteroatoms. The molecule has 1 N–H and O–H groups in total. The molecular weight excluding hydrogens is 291 g/mol. The van der Waals surface area contributed by atoms with Gasteiger partial charge in [0.05, 0.1) is 9.82 Å². The van der Waals surface area contributed by atoms with Gasteiger partial charge in [0.2, 0.25) is 0 Å². The predicted molar refractivity (Wildman–Crippen MR) is 81.0 cm³/mol. The van der Waals surface area contributed by atoms with Crippen molar-refractivity contribution in [3.8, 4) is 0 Å². The highest BCUT2D eigenvalue weighted by molar-refractivity contribution is 7.99. The largest absolute Gasteiger partial charge is 0.313 e. The van der Waals surface area contributed by atoms with Crippen molar-refractivity contribution >= 4 is 17.4 Å². The Balaban J connectivity index is 2.33. The Labute approximate surface area is 126 Å². The first kappa shape index (κ1) is 15.5. The Morgan fingerprint density at radius 1 is 1.24 bits per heavy atom. The van der Waals surface area contributed by atoms with Crippen LogP contribution >= 0.6 is 11.8 Å². The average Bonchev–Trinajstić information content (AvgIpc) is 2.47. The van der Waals surface area contributed by atoms with E-state index in [2.05, 4.69) is 5.32 Å². The number of nitro groups is 1. The summed E-state index contributed by atoms with van der Waals surface area (Å²) in [6.45, 7) is 3.26. The number of nitrogens with zero attached hydrogens (tertiary/aromatic N) is 1. The Kier molecular flexibility index (Phi) is 5.30. The van der Waals surface area contributed by atoms with E-state index in [1.54, 1.807) is 24.3 Å². The molecule has 2 rings (SSSR count). The zero-order chi connectivity index (χ0) is 15.2. The van der Waals surface area contributed by atoms with Gasteiger partial charge in [-0.2, -0.15) is 0 Å². The van der Waals surface area contributed by atoms with E-state index in [0.717, 1.165) is 17.0 Å².